The summed E-state index contributed by atoms with van der Waals surface area (Å²) in [4.78, 5) is 0. The summed E-state index contributed by atoms with van der Waals surface area (Å²) < 4.78 is 0. The minimum absolute atomic E-state index is 0.267. The minimum atomic E-state index is -0.267. The van der Waals surface area contributed by atoms with Gasteiger partial charge < -0.3 is 10.8 Å². The first kappa shape index (κ1) is 15.1. The third-order valence-electron chi connectivity index (χ3n) is 2.35. The molecule has 1 aromatic carbocycles. The molecule has 3 N–H and O–H groups in total. The molecule has 0 aliphatic rings. The van der Waals surface area contributed by atoms with Crippen LogP contribution in [0.2, 0.25) is 0 Å². The largest absolute Gasteiger partial charge is 0.392 e. The average Bonchev–Trinajstić information content (AvgIpc) is 2.31. The molecule has 2 heteroatoms. The second kappa shape index (κ2) is 10.7. The molecule has 1 unspecified atom stereocenters. The van der Waals surface area contributed by atoms with Crippen molar-refractivity contribution in [1.82, 2.24) is 0 Å². The van der Waals surface area contributed by atoms with Gasteiger partial charge >= 0.3 is 0 Å². The maximum absolute atomic E-state index is 8.96. The van der Waals surface area contributed by atoms with Crippen molar-refractivity contribution in [3.63, 3.8) is 0 Å². The Morgan fingerprint density at radius 2 is 1.81 bits per heavy atom. The second-order valence-corrected chi connectivity index (χ2v) is 4.04. The van der Waals surface area contributed by atoms with E-state index in [9.17, 15) is 0 Å². The summed E-state index contributed by atoms with van der Waals surface area (Å²) in [6.45, 7) is 4.64. The first-order valence-corrected chi connectivity index (χ1v) is 6.10. The Labute approximate surface area is 99.5 Å². The summed E-state index contributed by atoms with van der Waals surface area (Å²) in [5.74, 6) is 0. The fraction of sp³-hybridized carbons (Fsp3) is 0.571. The number of aryl methyl sites for hydroxylation is 1. The van der Waals surface area contributed by atoms with Crippen LogP contribution in [0.4, 0.5) is 0 Å². The summed E-state index contributed by atoms with van der Waals surface area (Å²) in [5.41, 5.74) is 6.53. The Kier molecular flexibility index (Phi) is 10.1. The number of benzene rings is 1. The highest BCUT2D eigenvalue weighted by Crippen LogP contribution is 2.01. The zero-order chi connectivity index (χ0) is 12.2. The van der Waals surface area contributed by atoms with Crippen molar-refractivity contribution in [2.24, 2.45) is 5.73 Å². The third kappa shape index (κ3) is 9.69. The van der Waals surface area contributed by atoms with Gasteiger partial charge in [0.05, 0.1) is 6.10 Å². The van der Waals surface area contributed by atoms with E-state index in [1.54, 1.807) is 0 Å². The molecule has 1 rings (SSSR count). The zero-order valence-electron chi connectivity index (χ0n) is 10.5. The van der Waals surface area contributed by atoms with E-state index in [1.165, 1.54) is 18.4 Å². The summed E-state index contributed by atoms with van der Waals surface area (Å²) in [6.07, 6.45) is 4.12. The molecule has 0 aliphatic carbocycles. The number of rotatable bonds is 5. The molecule has 0 bridgehead atoms. The van der Waals surface area contributed by atoms with Crippen molar-refractivity contribution >= 4 is 0 Å². The van der Waals surface area contributed by atoms with Gasteiger partial charge in [0.1, 0.15) is 0 Å². The van der Waals surface area contributed by atoms with Crippen molar-refractivity contribution in [3.8, 4) is 0 Å². The van der Waals surface area contributed by atoms with Crippen LogP contribution in [0.15, 0.2) is 30.3 Å². The molecular weight excluding hydrogens is 198 g/mol. The molecule has 0 aromatic heterocycles. The number of nitrogens with two attached hydrogens (primary N) is 1. The van der Waals surface area contributed by atoms with E-state index >= 15 is 0 Å². The highest BCUT2D eigenvalue weighted by atomic mass is 16.3. The van der Waals surface area contributed by atoms with Gasteiger partial charge in [0.2, 0.25) is 0 Å². The van der Waals surface area contributed by atoms with E-state index in [0.29, 0.717) is 6.54 Å². The molecule has 0 saturated carbocycles. The smallest absolute Gasteiger partial charge is 0.0662 e. The van der Waals surface area contributed by atoms with Gasteiger partial charge in [0.25, 0.3) is 0 Å². The maximum atomic E-state index is 8.96. The van der Waals surface area contributed by atoms with Crippen LogP contribution in [-0.4, -0.2) is 17.8 Å². The zero-order valence-corrected chi connectivity index (χ0v) is 10.5. The van der Waals surface area contributed by atoms with Crippen molar-refractivity contribution in [1.29, 1.82) is 0 Å². The molecule has 0 spiro atoms. The Bertz CT molecular complexity index is 236. The van der Waals surface area contributed by atoms with Crippen LogP contribution >= 0.6 is 0 Å². The summed E-state index contributed by atoms with van der Waals surface area (Å²) >= 11 is 0. The molecule has 1 atom stereocenters. The molecule has 0 radical (unpaired) electrons. The first-order chi connectivity index (χ1) is 7.70. The lowest BCUT2D eigenvalue weighted by atomic mass is 10.1. The summed E-state index contributed by atoms with van der Waals surface area (Å²) in [5, 5.41) is 8.96. The van der Waals surface area contributed by atoms with Gasteiger partial charge in [-0.25, -0.2) is 0 Å². The Morgan fingerprint density at radius 3 is 2.19 bits per heavy atom. The van der Waals surface area contributed by atoms with Crippen molar-refractivity contribution in [2.75, 3.05) is 6.54 Å². The molecule has 0 fully saturated rings. The molecule has 0 amide bonds. The average molecular weight is 223 g/mol. The number of aliphatic hydroxyl groups is 1. The van der Waals surface area contributed by atoms with Gasteiger partial charge in [-0.05, 0) is 13.3 Å². The third-order valence-corrected chi connectivity index (χ3v) is 2.35. The van der Waals surface area contributed by atoms with E-state index in [0.717, 1.165) is 12.8 Å². The Hall–Kier alpha value is -0.860. The van der Waals surface area contributed by atoms with Crippen molar-refractivity contribution < 1.29 is 5.11 Å². The van der Waals surface area contributed by atoms with Gasteiger partial charge in [-0.15, -0.1) is 0 Å². The lowest BCUT2D eigenvalue weighted by molar-refractivity contribution is 0.169. The van der Waals surface area contributed by atoms with E-state index in [-0.39, 0.29) is 6.10 Å². The standard InChI is InChI=1S/C7H17NO.C7H8/c1-2-3-4-5-7(9)6-8;1-7-5-3-2-4-6-7/h7,9H,2-6,8H2,1H3;2-6H,1H3. The van der Waals surface area contributed by atoms with E-state index in [1.807, 2.05) is 18.2 Å². The minimum Gasteiger partial charge on any atom is -0.392 e. The van der Waals surface area contributed by atoms with E-state index in [4.69, 9.17) is 10.8 Å². The van der Waals surface area contributed by atoms with Crippen LogP contribution in [0.3, 0.4) is 0 Å². The van der Waals surface area contributed by atoms with Gasteiger partial charge in [0, 0.05) is 6.54 Å². The van der Waals surface area contributed by atoms with Crippen LogP contribution < -0.4 is 5.73 Å². The topological polar surface area (TPSA) is 46.2 Å². The number of aliphatic hydroxyl groups excluding tert-OH is 1. The van der Waals surface area contributed by atoms with E-state index in [2.05, 4.69) is 26.0 Å². The van der Waals surface area contributed by atoms with Crippen molar-refractivity contribution in [2.45, 2.75) is 45.6 Å². The molecule has 1 aromatic rings. The normalized spacial score (nSPS) is 11.5. The van der Waals surface area contributed by atoms with Crippen molar-refractivity contribution in [3.05, 3.63) is 35.9 Å². The fourth-order valence-corrected chi connectivity index (χ4v) is 1.28. The highest BCUT2D eigenvalue weighted by Gasteiger charge is 1.97. The number of hydrogen-bond donors (Lipinski definition) is 2. The van der Waals surface area contributed by atoms with Gasteiger partial charge in [-0.2, -0.15) is 0 Å². The molecule has 16 heavy (non-hydrogen) atoms. The molecule has 0 heterocycles. The molecule has 0 saturated heterocycles. The monoisotopic (exact) mass is 223 g/mol. The fourth-order valence-electron chi connectivity index (χ4n) is 1.28. The van der Waals surface area contributed by atoms with Gasteiger partial charge in [-0.3, -0.25) is 0 Å². The van der Waals surface area contributed by atoms with E-state index < -0.39 is 0 Å². The predicted molar refractivity (Wildman–Crippen MR) is 70.4 cm³/mol. The number of unbranched alkanes of at least 4 members (excludes halogenated alkanes) is 2. The Morgan fingerprint density at radius 1 is 1.19 bits per heavy atom. The maximum Gasteiger partial charge on any atom is 0.0662 e. The molecular formula is C14H25NO. The lowest BCUT2D eigenvalue weighted by Crippen LogP contribution is -2.19. The van der Waals surface area contributed by atoms with Crippen LogP contribution in [-0.2, 0) is 0 Å². The molecule has 0 aliphatic heterocycles. The molecule has 2 nitrogen and oxygen atoms in total. The van der Waals surface area contributed by atoms with Crippen LogP contribution in [0, 0.1) is 6.92 Å². The summed E-state index contributed by atoms with van der Waals surface area (Å²) in [7, 11) is 0. The van der Waals surface area contributed by atoms with Crippen LogP contribution in [0.1, 0.15) is 38.2 Å². The molecule has 92 valence electrons. The quantitative estimate of drug-likeness (QED) is 0.754. The first-order valence-electron chi connectivity index (χ1n) is 6.10. The van der Waals surface area contributed by atoms with Crippen LogP contribution in [0.25, 0.3) is 0 Å². The SMILES string of the molecule is CCCCCC(O)CN.Cc1ccccc1. The lowest BCUT2D eigenvalue weighted by Gasteiger charge is -2.04. The predicted octanol–water partition coefficient (Wildman–Crippen LogP) is 2.88. The highest BCUT2D eigenvalue weighted by molar-refractivity contribution is 5.11. The summed E-state index contributed by atoms with van der Waals surface area (Å²) in [6, 6.07) is 10.3. The van der Waals surface area contributed by atoms with Gasteiger partial charge in [0.15, 0.2) is 0 Å². The van der Waals surface area contributed by atoms with Gasteiger partial charge in [-0.1, -0.05) is 62.1 Å². The Balaban J connectivity index is 0.000000288. The van der Waals surface area contributed by atoms with Crippen LogP contribution in [0.5, 0.6) is 0 Å². The second-order valence-electron chi connectivity index (χ2n) is 4.04. The number of hydrogen-bond acceptors (Lipinski definition) is 2.